The molecule has 0 aliphatic heterocycles. The number of hydrogen-bond donors (Lipinski definition) is 2. The zero-order valence-corrected chi connectivity index (χ0v) is 16.7. The van der Waals surface area contributed by atoms with Crippen molar-refractivity contribution in [3.63, 3.8) is 0 Å². The SMILES string of the molecule is O=C(O)c1ccnc(-c2cc(-c3ccc([N+](=O)[O-])cc3)cc(-c3cc(C(=O)O)ccn3)n2)c1. The first-order valence-corrected chi connectivity index (χ1v) is 9.48. The van der Waals surface area contributed by atoms with E-state index in [1.807, 2.05) is 0 Å². The van der Waals surface area contributed by atoms with Gasteiger partial charge < -0.3 is 10.2 Å². The molecule has 0 atom stereocenters. The number of carboxylic acid groups (broad SMARTS) is 2. The molecular weight excluding hydrogens is 428 g/mol. The van der Waals surface area contributed by atoms with Crippen molar-refractivity contribution >= 4 is 17.6 Å². The predicted molar refractivity (Wildman–Crippen MR) is 117 cm³/mol. The van der Waals surface area contributed by atoms with E-state index in [-0.39, 0.29) is 28.2 Å². The third kappa shape index (κ3) is 4.54. The van der Waals surface area contributed by atoms with Gasteiger partial charge in [-0.15, -0.1) is 0 Å². The highest BCUT2D eigenvalue weighted by Crippen LogP contribution is 2.30. The Morgan fingerprint density at radius 2 is 1.18 bits per heavy atom. The van der Waals surface area contributed by atoms with Crippen molar-refractivity contribution in [2.24, 2.45) is 0 Å². The van der Waals surface area contributed by atoms with Gasteiger partial charge in [0.25, 0.3) is 5.69 Å². The van der Waals surface area contributed by atoms with Gasteiger partial charge in [0.2, 0.25) is 0 Å². The van der Waals surface area contributed by atoms with E-state index < -0.39 is 16.9 Å². The van der Waals surface area contributed by atoms with Crippen molar-refractivity contribution in [2.75, 3.05) is 0 Å². The molecule has 33 heavy (non-hydrogen) atoms. The average Bonchev–Trinajstić information content (AvgIpc) is 2.84. The van der Waals surface area contributed by atoms with Crippen LogP contribution in [0.5, 0.6) is 0 Å². The summed E-state index contributed by atoms with van der Waals surface area (Å²) in [5.74, 6) is -2.25. The minimum absolute atomic E-state index is 0.0232. The van der Waals surface area contributed by atoms with Crippen molar-refractivity contribution in [3.05, 3.63) is 94.3 Å². The van der Waals surface area contributed by atoms with E-state index in [1.165, 1.54) is 48.8 Å². The Labute approximate surface area is 186 Å². The predicted octanol–water partition coefficient (Wildman–Crippen LogP) is 4.18. The van der Waals surface area contributed by atoms with Gasteiger partial charge in [0.1, 0.15) is 0 Å². The molecule has 0 spiro atoms. The van der Waals surface area contributed by atoms with Gasteiger partial charge >= 0.3 is 11.9 Å². The highest BCUT2D eigenvalue weighted by molar-refractivity contribution is 5.90. The fourth-order valence-electron chi connectivity index (χ4n) is 3.14. The zero-order chi connectivity index (χ0) is 23.5. The van der Waals surface area contributed by atoms with Gasteiger partial charge in [-0.2, -0.15) is 0 Å². The van der Waals surface area contributed by atoms with Crippen molar-refractivity contribution in [1.29, 1.82) is 0 Å². The molecule has 0 amide bonds. The number of pyridine rings is 3. The quantitative estimate of drug-likeness (QED) is 0.330. The Bertz CT molecular complexity index is 1330. The number of non-ortho nitro benzene ring substituents is 1. The highest BCUT2D eigenvalue weighted by Gasteiger charge is 2.14. The minimum atomic E-state index is -1.12. The smallest absolute Gasteiger partial charge is 0.335 e. The van der Waals surface area contributed by atoms with E-state index in [2.05, 4.69) is 15.0 Å². The van der Waals surface area contributed by atoms with Crippen molar-refractivity contribution in [2.45, 2.75) is 0 Å². The summed E-state index contributed by atoms with van der Waals surface area (Å²) in [4.78, 5) is 46.2. The Kier molecular flexibility index (Phi) is 5.56. The maximum Gasteiger partial charge on any atom is 0.335 e. The summed E-state index contributed by atoms with van der Waals surface area (Å²) in [5.41, 5.74) is 2.44. The largest absolute Gasteiger partial charge is 0.478 e. The van der Waals surface area contributed by atoms with Gasteiger partial charge in [0, 0.05) is 24.5 Å². The van der Waals surface area contributed by atoms with Crippen molar-refractivity contribution < 1.29 is 24.7 Å². The van der Waals surface area contributed by atoms with Crippen LogP contribution >= 0.6 is 0 Å². The summed E-state index contributed by atoms with van der Waals surface area (Å²) in [6, 6.07) is 14.6. The van der Waals surface area contributed by atoms with Gasteiger partial charge in [-0.05, 0) is 59.7 Å². The first-order valence-electron chi connectivity index (χ1n) is 9.48. The molecule has 1 aromatic carbocycles. The summed E-state index contributed by atoms with van der Waals surface area (Å²) in [6.45, 7) is 0. The van der Waals surface area contributed by atoms with E-state index in [0.29, 0.717) is 22.5 Å². The lowest BCUT2D eigenvalue weighted by atomic mass is 10.0. The maximum atomic E-state index is 11.4. The van der Waals surface area contributed by atoms with Gasteiger partial charge in [-0.3, -0.25) is 20.1 Å². The number of nitro benzene ring substituents is 1. The molecule has 3 heterocycles. The van der Waals surface area contributed by atoms with Gasteiger partial charge in [0.05, 0.1) is 38.8 Å². The lowest BCUT2D eigenvalue weighted by molar-refractivity contribution is -0.384. The third-order valence-electron chi connectivity index (χ3n) is 4.78. The summed E-state index contributed by atoms with van der Waals surface area (Å²) >= 11 is 0. The minimum Gasteiger partial charge on any atom is -0.478 e. The van der Waals surface area contributed by atoms with Gasteiger partial charge in [-0.25, -0.2) is 14.6 Å². The van der Waals surface area contributed by atoms with Gasteiger partial charge in [0.15, 0.2) is 0 Å². The second-order valence-electron chi connectivity index (χ2n) is 6.90. The lowest BCUT2D eigenvalue weighted by Crippen LogP contribution is -2.00. The van der Waals surface area contributed by atoms with Crippen LogP contribution in [0.2, 0.25) is 0 Å². The molecule has 162 valence electrons. The molecule has 3 aromatic heterocycles. The molecule has 0 saturated carbocycles. The number of nitro groups is 1. The number of benzene rings is 1. The fraction of sp³-hybridized carbons (Fsp3) is 0. The Balaban J connectivity index is 1.90. The normalized spacial score (nSPS) is 10.5. The summed E-state index contributed by atoms with van der Waals surface area (Å²) in [6.07, 6.45) is 2.70. The second-order valence-corrected chi connectivity index (χ2v) is 6.90. The molecule has 0 radical (unpaired) electrons. The molecule has 0 bridgehead atoms. The number of aromatic carboxylic acids is 2. The monoisotopic (exact) mass is 442 g/mol. The van der Waals surface area contributed by atoms with Crippen LogP contribution in [0.3, 0.4) is 0 Å². The highest BCUT2D eigenvalue weighted by atomic mass is 16.6. The number of carbonyl (C=O) groups is 2. The molecule has 0 unspecified atom stereocenters. The van der Waals surface area contributed by atoms with Crippen LogP contribution in [0.25, 0.3) is 33.9 Å². The molecule has 0 fully saturated rings. The van der Waals surface area contributed by atoms with Crippen LogP contribution in [0, 0.1) is 10.1 Å². The van der Waals surface area contributed by atoms with E-state index in [0.717, 1.165) is 0 Å². The zero-order valence-electron chi connectivity index (χ0n) is 16.7. The number of nitrogens with zero attached hydrogens (tertiary/aromatic N) is 4. The van der Waals surface area contributed by atoms with Crippen LogP contribution < -0.4 is 0 Å². The molecule has 4 rings (SSSR count). The molecular formula is C23H14N4O6. The molecule has 2 N–H and O–H groups in total. The average molecular weight is 442 g/mol. The van der Waals surface area contributed by atoms with Crippen molar-refractivity contribution in [3.8, 4) is 33.9 Å². The Morgan fingerprint density at radius 1 is 0.697 bits per heavy atom. The lowest BCUT2D eigenvalue weighted by Gasteiger charge is -2.10. The van der Waals surface area contributed by atoms with Crippen LogP contribution in [-0.4, -0.2) is 42.0 Å². The van der Waals surface area contributed by atoms with Crippen LogP contribution in [-0.2, 0) is 0 Å². The molecule has 4 aromatic rings. The number of carboxylic acids is 2. The number of rotatable bonds is 6. The van der Waals surface area contributed by atoms with E-state index in [1.54, 1.807) is 24.3 Å². The molecule has 10 nitrogen and oxygen atoms in total. The van der Waals surface area contributed by atoms with E-state index >= 15 is 0 Å². The maximum absolute atomic E-state index is 11.4. The Hall–Kier alpha value is -4.99. The van der Waals surface area contributed by atoms with Crippen LogP contribution in [0.1, 0.15) is 20.7 Å². The first-order chi connectivity index (χ1) is 15.8. The summed E-state index contributed by atoms with van der Waals surface area (Å²) in [5, 5.41) is 29.6. The Morgan fingerprint density at radius 3 is 1.61 bits per heavy atom. The van der Waals surface area contributed by atoms with Crippen LogP contribution in [0.15, 0.2) is 73.1 Å². The fourth-order valence-corrected chi connectivity index (χ4v) is 3.14. The number of aromatic nitrogens is 3. The van der Waals surface area contributed by atoms with Crippen LogP contribution in [0.4, 0.5) is 5.69 Å². The molecule has 10 heteroatoms. The molecule has 0 saturated heterocycles. The topological polar surface area (TPSA) is 156 Å². The van der Waals surface area contributed by atoms with E-state index in [9.17, 15) is 29.9 Å². The summed E-state index contributed by atoms with van der Waals surface area (Å²) in [7, 11) is 0. The molecule has 0 aliphatic rings. The van der Waals surface area contributed by atoms with E-state index in [4.69, 9.17) is 0 Å². The standard InChI is InChI=1S/C23H14N4O6/c28-22(29)14-5-7-24-18(9-14)20-11-16(13-1-3-17(4-2-13)27(32)33)12-21(26-20)19-10-15(23(30)31)6-8-25-19/h1-12H,(H,28,29)(H,30,31). The van der Waals surface area contributed by atoms with Gasteiger partial charge in [-0.1, -0.05) is 0 Å². The first kappa shape index (κ1) is 21.2. The van der Waals surface area contributed by atoms with Crippen molar-refractivity contribution in [1.82, 2.24) is 15.0 Å². The second kappa shape index (κ2) is 8.63. The summed E-state index contributed by atoms with van der Waals surface area (Å²) < 4.78 is 0. The molecule has 0 aliphatic carbocycles. The number of hydrogen-bond acceptors (Lipinski definition) is 7. The third-order valence-corrected chi connectivity index (χ3v) is 4.78.